The topological polar surface area (TPSA) is 18.5 Å². The predicted octanol–water partition coefficient (Wildman–Crippen LogP) is 2.72. The van der Waals surface area contributed by atoms with E-state index in [1.54, 1.807) is 14.2 Å². The second-order valence-corrected chi connectivity index (χ2v) is 2.91. The van der Waals surface area contributed by atoms with Crippen LogP contribution < -0.4 is 9.47 Å². The van der Waals surface area contributed by atoms with E-state index in [1.807, 2.05) is 18.2 Å². The van der Waals surface area contributed by atoms with Crippen molar-refractivity contribution in [3.05, 3.63) is 22.7 Å². The Bertz CT molecular complexity index is 281. The van der Waals surface area contributed by atoms with Crippen LogP contribution in [0.1, 0.15) is 0 Å². The molecular weight excluding hydrogens is 232 g/mol. The molecule has 0 saturated heterocycles. The SMILES string of the molecule is C#C.COc1ccc(Br)cc1OC. The molecule has 0 fully saturated rings. The first kappa shape index (κ1) is 11.9. The van der Waals surface area contributed by atoms with Gasteiger partial charge in [-0.3, -0.25) is 0 Å². The Kier molecular flexibility index (Phi) is 5.82. The first-order valence-electron chi connectivity index (χ1n) is 3.49. The van der Waals surface area contributed by atoms with Crippen molar-refractivity contribution in [3.63, 3.8) is 0 Å². The Hall–Kier alpha value is -1.14. The van der Waals surface area contributed by atoms with Gasteiger partial charge in [0.15, 0.2) is 11.5 Å². The quantitative estimate of drug-likeness (QED) is 0.743. The number of benzene rings is 1. The molecule has 2 nitrogen and oxygen atoms in total. The molecule has 3 heteroatoms. The van der Waals surface area contributed by atoms with Crippen molar-refractivity contribution in [3.8, 4) is 24.3 Å². The Morgan fingerprint density at radius 2 is 1.62 bits per heavy atom. The van der Waals surface area contributed by atoms with E-state index in [0.29, 0.717) is 0 Å². The molecular formula is C10H11BrO2. The van der Waals surface area contributed by atoms with Crippen molar-refractivity contribution >= 4 is 15.9 Å². The van der Waals surface area contributed by atoms with E-state index >= 15 is 0 Å². The van der Waals surface area contributed by atoms with Gasteiger partial charge < -0.3 is 9.47 Å². The van der Waals surface area contributed by atoms with Crippen LogP contribution in [0, 0.1) is 12.8 Å². The van der Waals surface area contributed by atoms with Crippen LogP contribution in [0.2, 0.25) is 0 Å². The molecule has 70 valence electrons. The summed E-state index contributed by atoms with van der Waals surface area (Å²) in [4.78, 5) is 0. The molecule has 0 aliphatic carbocycles. The third kappa shape index (κ3) is 3.39. The van der Waals surface area contributed by atoms with Gasteiger partial charge >= 0.3 is 0 Å². The summed E-state index contributed by atoms with van der Waals surface area (Å²) in [5.74, 6) is 1.48. The Labute approximate surface area is 87.0 Å². The van der Waals surface area contributed by atoms with Crippen molar-refractivity contribution in [1.29, 1.82) is 0 Å². The molecule has 0 aliphatic rings. The molecule has 1 rings (SSSR count). The lowest BCUT2D eigenvalue weighted by atomic mass is 10.3. The van der Waals surface area contributed by atoms with Crippen LogP contribution in [-0.2, 0) is 0 Å². The summed E-state index contributed by atoms with van der Waals surface area (Å²) in [6.07, 6.45) is 8.00. The molecule has 0 unspecified atom stereocenters. The van der Waals surface area contributed by atoms with E-state index in [-0.39, 0.29) is 0 Å². The lowest BCUT2D eigenvalue weighted by Gasteiger charge is -2.06. The number of methoxy groups -OCH3 is 2. The normalized spacial score (nSPS) is 8.08. The van der Waals surface area contributed by atoms with Gasteiger partial charge in [0.2, 0.25) is 0 Å². The molecule has 13 heavy (non-hydrogen) atoms. The summed E-state index contributed by atoms with van der Waals surface area (Å²) < 4.78 is 11.1. The number of ether oxygens (including phenoxy) is 2. The molecule has 1 aromatic rings. The Morgan fingerprint density at radius 3 is 2.08 bits per heavy atom. The summed E-state index contributed by atoms with van der Waals surface area (Å²) in [6, 6.07) is 5.61. The highest BCUT2D eigenvalue weighted by atomic mass is 79.9. The predicted molar refractivity (Wildman–Crippen MR) is 57.1 cm³/mol. The van der Waals surface area contributed by atoms with Crippen molar-refractivity contribution in [2.45, 2.75) is 0 Å². The molecule has 0 bridgehead atoms. The van der Waals surface area contributed by atoms with E-state index in [4.69, 9.17) is 9.47 Å². The maximum Gasteiger partial charge on any atom is 0.161 e. The van der Waals surface area contributed by atoms with Gasteiger partial charge in [-0.1, -0.05) is 15.9 Å². The first-order chi connectivity index (χ1) is 6.27. The first-order valence-corrected chi connectivity index (χ1v) is 4.28. The molecule has 0 saturated carbocycles. The van der Waals surface area contributed by atoms with Gasteiger partial charge in [-0.25, -0.2) is 0 Å². The van der Waals surface area contributed by atoms with E-state index in [0.717, 1.165) is 16.0 Å². The summed E-state index contributed by atoms with van der Waals surface area (Å²) in [5.41, 5.74) is 0. The molecule has 0 spiro atoms. The van der Waals surface area contributed by atoms with Gasteiger partial charge in [-0.15, -0.1) is 12.8 Å². The summed E-state index contributed by atoms with van der Waals surface area (Å²) in [5, 5.41) is 0. The number of hydrogen-bond acceptors (Lipinski definition) is 2. The molecule has 0 atom stereocenters. The zero-order chi connectivity index (χ0) is 10.3. The summed E-state index contributed by atoms with van der Waals surface area (Å²) in [6.45, 7) is 0. The molecule has 0 N–H and O–H groups in total. The average Bonchev–Trinajstić information content (AvgIpc) is 2.20. The van der Waals surface area contributed by atoms with Crippen LogP contribution in [0.4, 0.5) is 0 Å². The highest BCUT2D eigenvalue weighted by molar-refractivity contribution is 9.10. The largest absolute Gasteiger partial charge is 0.493 e. The van der Waals surface area contributed by atoms with Gasteiger partial charge in [-0.2, -0.15) is 0 Å². The van der Waals surface area contributed by atoms with Crippen molar-refractivity contribution in [2.24, 2.45) is 0 Å². The molecule has 1 aromatic carbocycles. The van der Waals surface area contributed by atoms with Crippen molar-refractivity contribution in [2.75, 3.05) is 14.2 Å². The van der Waals surface area contributed by atoms with Gasteiger partial charge in [0.25, 0.3) is 0 Å². The van der Waals surface area contributed by atoms with Crippen LogP contribution >= 0.6 is 15.9 Å². The average molecular weight is 243 g/mol. The molecule has 0 aliphatic heterocycles. The van der Waals surface area contributed by atoms with Crippen molar-refractivity contribution in [1.82, 2.24) is 0 Å². The Balaban J connectivity index is 0.000000671. The van der Waals surface area contributed by atoms with Crippen LogP contribution in [0.15, 0.2) is 22.7 Å². The Morgan fingerprint density at radius 1 is 1.08 bits per heavy atom. The number of halogens is 1. The van der Waals surface area contributed by atoms with Crippen LogP contribution in [-0.4, -0.2) is 14.2 Å². The van der Waals surface area contributed by atoms with Gasteiger partial charge in [0.1, 0.15) is 0 Å². The van der Waals surface area contributed by atoms with Gasteiger partial charge in [-0.05, 0) is 18.2 Å². The standard InChI is InChI=1S/C8H9BrO2.C2H2/c1-10-7-4-3-6(9)5-8(7)11-2;1-2/h3-5H,1-2H3;1-2H. The van der Waals surface area contributed by atoms with Crippen LogP contribution in [0.25, 0.3) is 0 Å². The number of hydrogen-bond donors (Lipinski definition) is 0. The van der Waals surface area contributed by atoms with E-state index < -0.39 is 0 Å². The molecule has 0 aromatic heterocycles. The minimum absolute atomic E-state index is 0.738. The zero-order valence-corrected chi connectivity index (χ0v) is 9.17. The number of rotatable bonds is 2. The van der Waals surface area contributed by atoms with Crippen LogP contribution in [0.3, 0.4) is 0 Å². The fraction of sp³-hybridized carbons (Fsp3) is 0.200. The van der Waals surface area contributed by atoms with Crippen LogP contribution in [0.5, 0.6) is 11.5 Å². The third-order valence-corrected chi connectivity index (χ3v) is 1.84. The third-order valence-electron chi connectivity index (χ3n) is 1.35. The van der Waals surface area contributed by atoms with E-state index in [1.165, 1.54) is 0 Å². The van der Waals surface area contributed by atoms with Crippen molar-refractivity contribution < 1.29 is 9.47 Å². The van der Waals surface area contributed by atoms with E-state index in [2.05, 4.69) is 28.8 Å². The second kappa shape index (κ2) is 6.38. The molecule has 0 amide bonds. The minimum Gasteiger partial charge on any atom is -0.493 e. The number of terminal acetylenes is 1. The fourth-order valence-electron chi connectivity index (χ4n) is 0.810. The highest BCUT2D eigenvalue weighted by Crippen LogP contribution is 2.29. The smallest absolute Gasteiger partial charge is 0.161 e. The van der Waals surface area contributed by atoms with E-state index in [9.17, 15) is 0 Å². The second-order valence-electron chi connectivity index (χ2n) is 2.00. The summed E-state index contributed by atoms with van der Waals surface area (Å²) in [7, 11) is 3.23. The molecule has 0 radical (unpaired) electrons. The lowest BCUT2D eigenvalue weighted by Crippen LogP contribution is -1.89. The highest BCUT2D eigenvalue weighted by Gasteiger charge is 2.01. The zero-order valence-electron chi connectivity index (χ0n) is 7.58. The van der Waals surface area contributed by atoms with Gasteiger partial charge in [0.05, 0.1) is 14.2 Å². The lowest BCUT2D eigenvalue weighted by molar-refractivity contribution is 0.354. The maximum atomic E-state index is 5.06. The fourth-order valence-corrected chi connectivity index (χ4v) is 1.15. The minimum atomic E-state index is 0.738. The summed E-state index contributed by atoms with van der Waals surface area (Å²) >= 11 is 3.33. The maximum absolute atomic E-state index is 5.06. The monoisotopic (exact) mass is 242 g/mol. The molecule has 0 heterocycles. The van der Waals surface area contributed by atoms with Gasteiger partial charge in [0, 0.05) is 4.47 Å².